The Balaban J connectivity index is 2.50. The van der Waals surface area contributed by atoms with E-state index in [2.05, 4.69) is 53.8 Å². The van der Waals surface area contributed by atoms with Crippen molar-refractivity contribution in [3.63, 3.8) is 0 Å². The van der Waals surface area contributed by atoms with E-state index in [9.17, 15) is 0 Å². The molecule has 2 atom stereocenters. The zero-order valence-corrected chi connectivity index (χ0v) is 12.8. The van der Waals surface area contributed by atoms with Gasteiger partial charge in [0.1, 0.15) is 6.10 Å². The molecule has 94 valence electrons. The Morgan fingerprint density at radius 2 is 1.94 bits per heavy atom. The SMILES string of the molecule is CC1=C[C@H](C)O[C@@H]1CO[Si](C)(C)C(C)(C)C. The van der Waals surface area contributed by atoms with Crippen LogP contribution in [0.4, 0.5) is 0 Å². The predicted octanol–water partition coefficient (Wildman–Crippen LogP) is 3.74. The molecular formula is C13H26O2Si. The smallest absolute Gasteiger partial charge is 0.192 e. The van der Waals surface area contributed by atoms with Gasteiger partial charge in [0.15, 0.2) is 8.32 Å². The monoisotopic (exact) mass is 242 g/mol. The summed E-state index contributed by atoms with van der Waals surface area (Å²) < 4.78 is 12.0. The van der Waals surface area contributed by atoms with Gasteiger partial charge in [-0.1, -0.05) is 26.8 Å². The Bertz CT molecular complexity index is 276. The molecule has 0 bridgehead atoms. The third-order valence-corrected chi connectivity index (χ3v) is 8.29. The van der Waals surface area contributed by atoms with Gasteiger partial charge in [0.05, 0.1) is 12.7 Å². The normalized spacial score (nSPS) is 27.1. The Morgan fingerprint density at radius 1 is 1.38 bits per heavy atom. The molecule has 0 fully saturated rings. The van der Waals surface area contributed by atoms with Crippen LogP contribution in [0.3, 0.4) is 0 Å². The van der Waals surface area contributed by atoms with Crippen LogP contribution in [-0.2, 0) is 9.16 Å². The fourth-order valence-electron chi connectivity index (χ4n) is 1.55. The summed E-state index contributed by atoms with van der Waals surface area (Å²) in [6.07, 6.45) is 2.59. The van der Waals surface area contributed by atoms with Gasteiger partial charge in [0.2, 0.25) is 0 Å². The van der Waals surface area contributed by atoms with Crippen molar-refractivity contribution in [2.75, 3.05) is 6.61 Å². The molecule has 0 unspecified atom stereocenters. The van der Waals surface area contributed by atoms with E-state index in [-0.39, 0.29) is 17.2 Å². The zero-order valence-electron chi connectivity index (χ0n) is 11.8. The van der Waals surface area contributed by atoms with Crippen LogP contribution in [0.15, 0.2) is 11.6 Å². The van der Waals surface area contributed by atoms with Crippen molar-refractivity contribution in [1.29, 1.82) is 0 Å². The molecule has 0 amide bonds. The van der Waals surface area contributed by atoms with Gasteiger partial charge in [-0.25, -0.2) is 0 Å². The van der Waals surface area contributed by atoms with E-state index in [1.54, 1.807) is 0 Å². The average Bonchev–Trinajstić information content (AvgIpc) is 2.39. The Hall–Kier alpha value is -0.123. The first-order valence-electron chi connectivity index (χ1n) is 6.11. The molecule has 3 heteroatoms. The van der Waals surface area contributed by atoms with E-state index < -0.39 is 8.32 Å². The van der Waals surface area contributed by atoms with Gasteiger partial charge in [-0.3, -0.25) is 0 Å². The topological polar surface area (TPSA) is 18.5 Å². The Kier molecular flexibility index (Phi) is 4.03. The predicted molar refractivity (Wildman–Crippen MR) is 71.2 cm³/mol. The minimum absolute atomic E-state index is 0.170. The van der Waals surface area contributed by atoms with Crippen LogP contribution in [0.25, 0.3) is 0 Å². The van der Waals surface area contributed by atoms with Gasteiger partial charge in [-0.2, -0.15) is 0 Å². The van der Waals surface area contributed by atoms with E-state index in [1.165, 1.54) is 5.57 Å². The van der Waals surface area contributed by atoms with Crippen LogP contribution in [0, 0.1) is 0 Å². The van der Waals surface area contributed by atoms with Gasteiger partial charge < -0.3 is 9.16 Å². The molecule has 1 rings (SSSR count). The maximum Gasteiger partial charge on any atom is 0.192 e. The lowest BCUT2D eigenvalue weighted by Crippen LogP contribution is -2.42. The molecule has 0 aromatic heterocycles. The molecule has 0 aromatic carbocycles. The first-order chi connectivity index (χ1) is 7.13. The van der Waals surface area contributed by atoms with Gasteiger partial charge in [0.25, 0.3) is 0 Å². The summed E-state index contributed by atoms with van der Waals surface area (Å²) in [5, 5.41) is 0.273. The van der Waals surface area contributed by atoms with Crippen molar-refractivity contribution in [3.05, 3.63) is 11.6 Å². The number of hydrogen-bond donors (Lipinski definition) is 0. The first kappa shape index (κ1) is 13.9. The van der Waals surface area contributed by atoms with Crippen LogP contribution >= 0.6 is 0 Å². The molecular weight excluding hydrogens is 216 g/mol. The molecule has 0 aliphatic carbocycles. The Labute approximate surface area is 101 Å². The highest BCUT2D eigenvalue weighted by Gasteiger charge is 2.38. The third-order valence-electron chi connectivity index (χ3n) is 3.79. The summed E-state index contributed by atoms with van der Waals surface area (Å²) in [5.74, 6) is 0. The van der Waals surface area contributed by atoms with Crippen molar-refractivity contribution < 1.29 is 9.16 Å². The van der Waals surface area contributed by atoms with Gasteiger partial charge in [-0.05, 0) is 37.6 Å². The van der Waals surface area contributed by atoms with Crippen molar-refractivity contribution in [2.24, 2.45) is 0 Å². The number of hydrogen-bond acceptors (Lipinski definition) is 2. The minimum Gasteiger partial charge on any atom is -0.414 e. The molecule has 0 aromatic rings. The number of ether oxygens (including phenoxy) is 1. The molecule has 16 heavy (non-hydrogen) atoms. The summed E-state index contributed by atoms with van der Waals surface area (Å²) in [7, 11) is -1.63. The second-order valence-electron chi connectivity index (χ2n) is 6.31. The lowest BCUT2D eigenvalue weighted by atomic mass is 10.2. The van der Waals surface area contributed by atoms with Crippen LogP contribution in [0.5, 0.6) is 0 Å². The second kappa shape index (κ2) is 4.63. The fourth-order valence-corrected chi connectivity index (χ4v) is 2.56. The van der Waals surface area contributed by atoms with Crippen LogP contribution in [0.2, 0.25) is 18.1 Å². The largest absolute Gasteiger partial charge is 0.414 e. The summed E-state index contributed by atoms with van der Waals surface area (Å²) in [6, 6.07) is 0. The molecule has 0 radical (unpaired) electrons. The first-order valence-corrected chi connectivity index (χ1v) is 9.02. The lowest BCUT2D eigenvalue weighted by Gasteiger charge is -2.37. The molecule has 0 saturated carbocycles. The number of rotatable bonds is 3. The maximum absolute atomic E-state index is 6.17. The van der Waals surface area contributed by atoms with E-state index in [4.69, 9.17) is 9.16 Å². The van der Waals surface area contributed by atoms with E-state index in [0.29, 0.717) is 6.61 Å². The summed E-state index contributed by atoms with van der Waals surface area (Å²) >= 11 is 0. The molecule has 0 spiro atoms. The molecule has 0 N–H and O–H groups in total. The molecule has 0 saturated heterocycles. The average molecular weight is 242 g/mol. The lowest BCUT2D eigenvalue weighted by molar-refractivity contribution is 0.0326. The molecule has 1 aliphatic rings. The third kappa shape index (κ3) is 3.19. The van der Waals surface area contributed by atoms with E-state index in [0.717, 1.165) is 0 Å². The fraction of sp³-hybridized carbons (Fsp3) is 0.846. The molecule has 1 heterocycles. The minimum atomic E-state index is -1.63. The van der Waals surface area contributed by atoms with Gasteiger partial charge >= 0.3 is 0 Å². The van der Waals surface area contributed by atoms with E-state index >= 15 is 0 Å². The highest BCUT2D eigenvalue weighted by molar-refractivity contribution is 6.74. The van der Waals surface area contributed by atoms with Gasteiger partial charge in [0, 0.05) is 0 Å². The highest BCUT2D eigenvalue weighted by Crippen LogP contribution is 2.37. The standard InChI is InChI=1S/C13H26O2Si/c1-10-8-11(2)15-12(10)9-14-16(6,7)13(3,4)5/h8,11-12H,9H2,1-7H3/t11-,12+/m0/s1. The zero-order chi connectivity index (χ0) is 12.6. The van der Waals surface area contributed by atoms with Gasteiger partial charge in [-0.15, -0.1) is 0 Å². The van der Waals surface area contributed by atoms with Crippen LogP contribution < -0.4 is 0 Å². The Morgan fingerprint density at radius 3 is 2.31 bits per heavy atom. The van der Waals surface area contributed by atoms with Crippen LogP contribution in [-0.4, -0.2) is 27.1 Å². The second-order valence-corrected chi connectivity index (χ2v) is 11.1. The van der Waals surface area contributed by atoms with Crippen LogP contribution in [0.1, 0.15) is 34.6 Å². The van der Waals surface area contributed by atoms with Crippen molar-refractivity contribution in [3.8, 4) is 0 Å². The van der Waals surface area contributed by atoms with Crippen molar-refractivity contribution in [1.82, 2.24) is 0 Å². The molecule has 1 aliphatic heterocycles. The summed E-state index contributed by atoms with van der Waals surface area (Å²) in [6.45, 7) is 16.3. The highest BCUT2D eigenvalue weighted by atomic mass is 28.4. The van der Waals surface area contributed by atoms with E-state index in [1.807, 2.05) is 0 Å². The molecule has 2 nitrogen and oxygen atoms in total. The van der Waals surface area contributed by atoms with Crippen molar-refractivity contribution in [2.45, 2.75) is 65.0 Å². The maximum atomic E-state index is 6.17. The summed E-state index contributed by atoms with van der Waals surface area (Å²) in [4.78, 5) is 0. The quantitative estimate of drug-likeness (QED) is 0.554. The van der Waals surface area contributed by atoms with Crippen molar-refractivity contribution >= 4 is 8.32 Å². The summed E-state index contributed by atoms with van der Waals surface area (Å²) in [5.41, 5.74) is 1.31.